The summed E-state index contributed by atoms with van der Waals surface area (Å²) in [6.07, 6.45) is 3.73. The van der Waals surface area contributed by atoms with Crippen molar-refractivity contribution in [3.05, 3.63) is 25.3 Å². The zero-order valence-corrected chi connectivity index (χ0v) is 10.7. The van der Waals surface area contributed by atoms with Crippen LogP contribution in [0, 0.1) is 0 Å². The van der Waals surface area contributed by atoms with Gasteiger partial charge in [-0.1, -0.05) is 12.2 Å². The second kappa shape index (κ2) is 5.59. The maximum atomic E-state index is 5.93. The van der Waals surface area contributed by atoms with Gasteiger partial charge in [-0.3, -0.25) is 11.7 Å². The van der Waals surface area contributed by atoms with Crippen LogP contribution >= 0.6 is 0 Å². The molecule has 0 aromatic heterocycles. The topological polar surface area (TPSA) is 70.5 Å². The molecule has 1 fully saturated rings. The maximum Gasteiger partial charge on any atom is 0.116 e. The predicted octanol–water partition coefficient (Wildman–Crippen LogP) is 1.52. The molecule has 4 heteroatoms. The molecule has 0 bridgehead atoms. The third kappa shape index (κ3) is 2.52. The Morgan fingerprint density at radius 2 is 1.19 bits per heavy atom. The van der Waals surface area contributed by atoms with Crippen molar-refractivity contribution in [1.29, 1.82) is 0 Å². The molecule has 0 aromatic carbocycles. The monoisotopic (exact) mass is 228 g/mol. The van der Waals surface area contributed by atoms with Crippen molar-refractivity contribution in [3.8, 4) is 0 Å². The van der Waals surface area contributed by atoms with Gasteiger partial charge in [0.25, 0.3) is 0 Å². The van der Waals surface area contributed by atoms with Crippen LogP contribution in [0.15, 0.2) is 25.3 Å². The first-order valence-electron chi connectivity index (χ1n) is 5.34. The Kier molecular flexibility index (Phi) is 5.35. The fourth-order valence-corrected chi connectivity index (χ4v) is 1.70. The number of hydrazine groups is 1. The van der Waals surface area contributed by atoms with E-state index in [-0.39, 0.29) is 12.2 Å². The molecule has 4 nitrogen and oxygen atoms in total. The highest BCUT2D eigenvalue weighted by atomic mass is 16.6. The molecule has 4 N–H and O–H groups in total. The normalized spacial score (nSPS) is 42.9. The molecule has 0 amide bonds. The van der Waals surface area contributed by atoms with Gasteiger partial charge in [-0.15, -0.1) is 13.2 Å². The van der Waals surface area contributed by atoms with Crippen LogP contribution in [0.25, 0.3) is 0 Å². The van der Waals surface area contributed by atoms with E-state index in [2.05, 4.69) is 24.8 Å². The number of nitrogens with two attached hydrogens (primary N) is 2. The summed E-state index contributed by atoms with van der Waals surface area (Å²) >= 11 is 0. The third-order valence-electron chi connectivity index (χ3n) is 3.29. The summed E-state index contributed by atoms with van der Waals surface area (Å²) in [6.45, 7) is 15.6. The Bertz CT molecular complexity index is 231. The van der Waals surface area contributed by atoms with Crippen LogP contribution < -0.4 is 11.7 Å². The van der Waals surface area contributed by atoms with Crippen LogP contribution in [-0.4, -0.2) is 23.4 Å². The Morgan fingerprint density at radius 1 is 0.938 bits per heavy atom. The van der Waals surface area contributed by atoms with E-state index in [1.807, 2.05) is 27.7 Å². The average molecular weight is 228 g/mol. The molecule has 94 valence electrons. The van der Waals surface area contributed by atoms with Gasteiger partial charge in [0.15, 0.2) is 0 Å². The molecule has 0 spiro atoms. The molecule has 1 aliphatic rings. The summed E-state index contributed by atoms with van der Waals surface area (Å²) in [5, 5.41) is 0. The lowest BCUT2D eigenvalue weighted by Crippen LogP contribution is -2.60. The summed E-state index contributed by atoms with van der Waals surface area (Å²) in [7, 11) is 0. The molecule has 0 saturated carbocycles. The summed E-state index contributed by atoms with van der Waals surface area (Å²) in [5.41, 5.74) is -0.999. The molecule has 0 aromatic rings. The van der Waals surface area contributed by atoms with Gasteiger partial charge in [-0.05, 0) is 27.7 Å². The molecule has 1 saturated heterocycles. The van der Waals surface area contributed by atoms with E-state index in [9.17, 15) is 0 Å². The van der Waals surface area contributed by atoms with Gasteiger partial charge in [-0.2, -0.15) is 0 Å². The van der Waals surface area contributed by atoms with E-state index in [1.165, 1.54) is 0 Å². The molecular formula is C12H24N2O2. The summed E-state index contributed by atoms with van der Waals surface area (Å²) in [6, 6.07) is 0. The number of rotatable bonds is 2. The summed E-state index contributed by atoms with van der Waals surface area (Å²) in [5.74, 6) is 8.00. The van der Waals surface area contributed by atoms with Gasteiger partial charge in [0.2, 0.25) is 0 Å². The minimum absolute atomic E-state index is 0.0750. The first-order valence-corrected chi connectivity index (χ1v) is 5.34. The van der Waals surface area contributed by atoms with E-state index >= 15 is 0 Å². The van der Waals surface area contributed by atoms with E-state index in [0.717, 1.165) is 0 Å². The van der Waals surface area contributed by atoms with Gasteiger partial charge in [0.1, 0.15) is 11.2 Å². The van der Waals surface area contributed by atoms with Crippen molar-refractivity contribution in [1.82, 2.24) is 0 Å². The fourth-order valence-electron chi connectivity index (χ4n) is 1.70. The molecule has 1 heterocycles. The molecule has 4 unspecified atom stereocenters. The molecular weight excluding hydrogens is 204 g/mol. The standard InChI is InChI=1S/C12H20O2.H4N2/c1-7-11(5)12(6,8-2)14-10(4)9(3)13-11;1-2/h7-10H,1-2H2,3-6H3;1-2H2. The van der Waals surface area contributed by atoms with Crippen molar-refractivity contribution in [2.24, 2.45) is 11.7 Å². The lowest BCUT2D eigenvalue weighted by molar-refractivity contribution is -0.262. The Labute approximate surface area is 98.3 Å². The van der Waals surface area contributed by atoms with Crippen molar-refractivity contribution in [2.45, 2.75) is 51.1 Å². The van der Waals surface area contributed by atoms with E-state index in [0.29, 0.717) is 0 Å². The third-order valence-corrected chi connectivity index (χ3v) is 3.29. The largest absolute Gasteiger partial charge is 0.362 e. The van der Waals surface area contributed by atoms with Crippen molar-refractivity contribution < 1.29 is 9.47 Å². The minimum Gasteiger partial charge on any atom is -0.362 e. The lowest BCUT2D eigenvalue weighted by atomic mass is 9.83. The first kappa shape index (κ1) is 15.3. The van der Waals surface area contributed by atoms with Crippen molar-refractivity contribution in [3.63, 3.8) is 0 Å². The SMILES string of the molecule is C=CC1(C)OC(C)C(C)OC1(C)C=C.NN. The highest BCUT2D eigenvalue weighted by Gasteiger charge is 2.49. The second-order valence-corrected chi connectivity index (χ2v) is 4.27. The quantitative estimate of drug-likeness (QED) is 0.427. The van der Waals surface area contributed by atoms with E-state index < -0.39 is 11.2 Å². The van der Waals surface area contributed by atoms with E-state index in [4.69, 9.17) is 9.47 Å². The lowest BCUT2D eigenvalue weighted by Gasteiger charge is -2.50. The van der Waals surface area contributed by atoms with Gasteiger partial charge in [0, 0.05) is 0 Å². The maximum absolute atomic E-state index is 5.93. The molecule has 16 heavy (non-hydrogen) atoms. The van der Waals surface area contributed by atoms with Crippen LogP contribution in [0.3, 0.4) is 0 Å². The van der Waals surface area contributed by atoms with Gasteiger partial charge >= 0.3 is 0 Å². The van der Waals surface area contributed by atoms with Crippen LogP contribution in [0.4, 0.5) is 0 Å². The van der Waals surface area contributed by atoms with Gasteiger partial charge in [-0.25, -0.2) is 0 Å². The smallest absolute Gasteiger partial charge is 0.116 e. The Hall–Kier alpha value is -0.680. The predicted molar refractivity (Wildman–Crippen MR) is 66.7 cm³/mol. The molecule has 0 radical (unpaired) electrons. The Balaban J connectivity index is 0.00000106. The average Bonchev–Trinajstić information content (AvgIpc) is 2.29. The molecule has 4 atom stereocenters. The molecule has 1 rings (SSSR count). The second-order valence-electron chi connectivity index (χ2n) is 4.27. The molecule has 1 aliphatic heterocycles. The summed E-state index contributed by atoms with van der Waals surface area (Å²) in [4.78, 5) is 0. The number of hydrogen-bond donors (Lipinski definition) is 2. The highest BCUT2D eigenvalue weighted by molar-refractivity contribution is 5.17. The van der Waals surface area contributed by atoms with Gasteiger partial charge in [0.05, 0.1) is 12.2 Å². The van der Waals surface area contributed by atoms with Crippen molar-refractivity contribution >= 4 is 0 Å². The summed E-state index contributed by atoms with van der Waals surface area (Å²) < 4.78 is 11.9. The minimum atomic E-state index is -0.499. The zero-order valence-electron chi connectivity index (χ0n) is 10.7. The van der Waals surface area contributed by atoms with E-state index in [1.54, 1.807) is 12.2 Å². The molecule has 0 aliphatic carbocycles. The Morgan fingerprint density at radius 3 is 1.38 bits per heavy atom. The highest BCUT2D eigenvalue weighted by Crippen LogP contribution is 2.39. The van der Waals surface area contributed by atoms with Crippen LogP contribution in [-0.2, 0) is 9.47 Å². The number of hydrogen-bond acceptors (Lipinski definition) is 4. The number of ether oxygens (including phenoxy) is 2. The van der Waals surface area contributed by atoms with Crippen LogP contribution in [0.2, 0.25) is 0 Å². The van der Waals surface area contributed by atoms with Crippen molar-refractivity contribution in [2.75, 3.05) is 0 Å². The van der Waals surface area contributed by atoms with Gasteiger partial charge < -0.3 is 9.47 Å². The van der Waals surface area contributed by atoms with Crippen LogP contribution in [0.1, 0.15) is 27.7 Å². The fraction of sp³-hybridized carbons (Fsp3) is 0.667. The zero-order chi connectivity index (χ0) is 13.0. The van der Waals surface area contributed by atoms with Crippen LogP contribution in [0.5, 0.6) is 0 Å². The first-order chi connectivity index (χ1) is 7.38.